The van der Waals surface area contributed by atoms with Crippen molar-refractivity contribution < 1.29 is 4.79 Å². The lowest BCUT2D eigenvalue weighted by molar-refractivity contribution is -0.135. The van der Waals surface area contributed by atoms with Gasteiger partial charge in [0.1, 0.15) is 0 Å². The maximum Gasteiger partial charge on any atom is 0.227 e. The first kappa shape index (κ1) is 15.4. The van der Waals surface area contributed by atoms with Crippen molar-refractivity contribution in [1.29, 1.82) is 0 Å². The van der Waals surface area contributed by atoms with Crippen LogP contribution in [0.4, 0.5) is 0 Å². The van der Waals surface area contributed by atoms with Crippen LogP contribution in [0.3, 0.4) is 0 Å². The zero-order valence-corrected chi connectivity index (χ0v) is 12.6. The lowest BCUT2D eigenvalue weighted by Gasteiger charge is -2.41. The summed E-state index contributed by atoms with van der Waals surface area (Å²) in [5.74, 6) is 0.759. The number of hydrogen-bond donors (Lipinski definition) is 1. The molecule has 106 valence electrons. The molecule has 0 bridgehead atoms. The number of rotatable bonds is 5. The second-order valence-electron chi connectivity index (χ2n) is 6.43. The van der Waals surface area contributed by atoms with Crippen molar-refractivity contribution in [1.82, 2.24) is 15.1 Å². The molecule has 0 aliphatic carbocycles. The van der Waals surface area contributed by atoms with Gasteiger partial charge in [-0.15, -0.1) is 0 Å². The number of likely N-dealkylation sites (tertiary alicyclic amines) is 1. The van der Waals surface area contributed by atoms with Gasteiger partial charge in [0.15, 0.2) is 0 Å². The lowest BCUT2D eigenvalue weighted by Crippen LogP contribution is -2.53. The van der Waals surface area contributed by atoms with Crippen molar-refractivity contribution >= 4 is 5.91 Å². The molecular weight excluding hydrogens is 226 g/mol. The summed E-state index contributed by atoms with van der Waals surface area (Å²) < 4.78 is 0. The Hall–Kier alpha value is -0.610. The first-order valence-electron chi connectivity index (χ1n) is 6.97. The SMILES string of the molecule is CC(C)CNC(=O)C1(CN(C)C)CCN(C)CC1. The minimum Gasteiger partial charge on any atom is -0.355 e. The van der Waals surface area contributed by atoms with Gasteiger partial charge in [0.2, 0.25) is 5.91 Å². The molecule has 0 saturated carbocycles. The molecule has 4 heteroatoms. The minimum absolute atomic E-state index is 0.190. The maximum atomic E-state index is 12.5. The van der Waals surface area contributed by atoms with Crippen molar-refractivity contribution in [2.75, 3.05) is 47.3 Å². The van der Waals surface area contributed by atoms with Crippen molar-refractivity contribution in [3.05, 3.63) is 0 Å². The molecule has 1 heterocycles. The zero-order chi connectivity index (χ0) is 13.8. The third kappa shape index (κ3) is 4.25. The third-order valence-corrected chi connectivity index (χ3v) is 3.72. The van der Waals surface area contributed by atoms with Crippen LogP contribution in [0.5, 0.6) is 0 Å². The zero-order valence-electron chi connectivity index (χ0n) is 12.6. The Balaban J connectivity index is 2.68. The molecule has 0 aromatic heterocycles. The molecular formula is C14H29N3O. The molecule has 0 spiro atoms. The third-order valence-electron chi connectivity index (χ3n) is 3.72. The predicted molar refractivity (Wildman–Crippen MR) is 75.6 cm³/mol. The van der Waals surface area contributed by atoms with E-state index in [0.29, 0.717) is 5.92 Å². The summed E-state index contributed by atoms with van der Waals surface area (Å²) in [7, 11) is 6.23. The molecule has 0 atom stereocenters. The number of carbonyl (C=O) groups excluding carboxylic acids is 1. The van der Waals surface area contributed by atoms with Crippen LogP contribution in [0.1, 0.15) is 26.7 Å². The largest absolute Gasteiger partial charge is 0.355 e. The number of nitrogens with one attached hydrogen (secondary N) is 1. The van der Waals surface area contributed by atoms with Crippen LogP contribution < -0.4 is 5.32 Å². The highest BCUT2D eigenvalue weighted by atomic mass is 16.2. The molecule has 0 aromatic rings. The number of amides is 1. The first-order chi connectivity index (χ1) is 8.35. The van der Waals surface area contributed by atoms with E-state index in [1.165, 1.54) is 0 Å². The summed E-state index contributed by atoms with van der Waals surface area (Å²) in [4.78, 5) is 17.0. The molecule has 1 saturated heterocycles. The summed E-state index contributed by atoms with van der Waals surface area (Å²) >= 11 is 0. The summed E-state index contributed by atoms with van der Waals surface area (Å²) in [6.45, 7) is 7.93. The minimum atomic E-state index is -0.190. The highest BCUT2D eigenvalue weighted by molar-refractivity contribution is 5.83. The van der Waals surface area contributed by atoms with Gasteiger partial charge in [0.05, 0.1) is 5.41 Å². The summed E-state index contributed by atoms with van der Waals surface area (Å²) in [6.07, 6.45) is 1.93. The smallest absolute Gasteiger partial charge is 0.227 e. The van der Waals surface area contributed by atoms with Gasteiger partial charge in [-0.2, -0.15) is 0 Å². The van der Waals surface area contributed by atoms with E-state index < -0.39 is 0 Å². The van der Waals surface area contributed by atoms with Gasteiger partial charge in [-0.3, -0.25) is 4.79 Å². The fraction of sp³-hybridized carbons (Fsp3) is 0.929. The topological polar surface area (TPSA) is 35.6 Å². The summed E-state index contributed by atoms with van der Waals surface area (Å²) in [5, 5.41) is 3.13. The van der Waals surface area contributed by atoms with Crippen LogP contribution >= 0.6 is 0 Å². The molecule has 1 N–H and O–H groups in total. The van der Waals surface area contributed by atoms with Gasteiger partial charge in [-0.05, 0) is 53.0 Å². The molecule has 1 aliphatic rings. The van der Waals surface area contributed by atoms with Crippen LogP contribution in [-0.4, -0.2) is 63.0 Å². The number of carbonyl (C=O) groups is 1. The van der Waals surface area contributed by atoms with Gasteiger partial charge in [0.25, 0.3) is 0 Å². The van der Waals surface area contributed by atoms with E-state index in [-0.39, 0.29) is 11.3 Å². The summed E-state index contributed by atoms with van der Waals surface area (Å²) in [6, 6.07) is 0. The van der Waals surface area contributed by atoms with Gasteiger partial charge < -0.3 is 15.1 Å². The molecule has 1 amide bonds. The maximum absolute atomic E-state index is 12.5. The van der Waals surface area contributed by atoms with Crippen molar-refractivity contribution in [3.63, 3.8) is 0 Å². The Morgan fingerprint density at radius 3 is 2.33 bits per heavy atom. The van der Waals surface area contributed by atoms with Gasteiger partial charge >= 0.3 is 0 Å². The van der Waals surface area contributed by atoms with Gasteiger partial charge in [0, 0.05) is 13.1 Å². The summed E-state index contributed by atoms with van der Waals surface area (Å²) in [5.41, 5.74) is -0.190. The predicted octanol–water partition coefficient (Wildman–Crippen LogP) is 1.03. The average molecular weight is 255 g/mol. The molecule has 0 radical (unpaired) electrons. The Labute approximate surface area is 112 Å². The van der Waals surface area contributed by atoms with Gasteiger partial charge in [-0.1, -0.05) is 13.8 Å². The normalized spacial score (nSPS) is 20.4. The number of hydrogen-bond acceptors (Lipinski definition) is 3. The van der Waals surface area contributed by atoms with Crippen molar-refractivity contribution in [3.8, 4) is 0 Å². The average Bonchev–Trinajstić information content (AvgIpc) is 2.28. The number of piperidine rings is 1. The van der Waals surface area contributed by atoms with Gasteiger partial charge in [-0.25, -0.2) is 0 Å². The fourth-order valence-corrected chi connectivity index (χ4v) is 2.59. The van der Waals surface area contributed by atoms with Crippen LogP contribution in [0.15, 0.2) is 0 Å². The quantitative estimate of drug-likeness (QED) is 0.797. The Bertz CT molecular complexity index is 268. The molecule has 0 aromatic carbocycles. The Morgan fingerprint density at radius 1 is 1.33 bits per heavy atom. The second kappa shape index (κ2) is 6.53. The van der Waals surface area contributed by atoms with E-state index in [1.807, 2.05) is 0 Å². The molecule has 1 fully saturated rings. The molecule has 1 aliphatic heterocycles. The molecule has 4 nitrogen and oxygen atoms in total. The molecule has 18 heavy (non-hydrogen) atoms. The van der Waals surface area contributed by atoms with E-state index in [0.717, 1.165) is 39.0 Å². The van der Waals surface area contributed by atoms with Crippen molar-refractivity contribution in [2.45, 2.75) is 26.7 Å². The van der Waals surface area contributed by atoms with Crippen LogP contribution in [0.2, 0.25) is 0 Å². The lowest BCUT2D eigenvalue weighted by atomic mass is 9.77. The second-order valence-corrected chi connectivity index (χ2v) is 6.43. The van der Waals surface area contributed by atoms with Crippen LogP contribution in [0.25, 0.3) is 0 Å². The van der Waals surface area contributed by atoms with Crippen LogP contribution in [-0.2, 0) is 4.79 Å². The standard InChI is InChI=1S/C14H29N3O/c1-12(2)10-15-13(18)14(11-16(3)4)6-8-17(5)9-7-14/h12H,6-11H2,1-5H3,(H,15,18). The van der Waals surface area contributed by atoms with Crippen molar-refractivity contribution in [2.24, 2.45) is 11.3 Å². The first-order valence-corrected chi connectivity index (χ1v) is 6.97. The van der Waals surface area contributed by atoms with Crippen LogP contribution in [0, 0.1) is 11.3 Å². The van der Waals surface area contributed by atoms with E-state index >= 15 is 0 Å². The Morgan fingerprint density at radius 2 is 1.89 bits per heavy atom. The fourth-order valence-electron chi connectivity index (χ4n) is 2.59. The Kier molecular flexibility index (Phi) is 5.60. The molecule has 1 rings (SSSR count). The molecule has 0 unspecified atom stereocenters. The van der Waals surface area contributed by atoms with E-state index in [2.05, 4.69) is 50.1 Å². The van der Waals surface area contributed by atoms with E-state index in [9.17, 15) is 4.79 Å². The monoisotopic (exact) mass is 255 g/mol. The van der Waals surface area contributed by atoms with E-state index in [4.69, 9.17) is 0 Å². The van der Waals surface area contributed by atoms with E-state index in [1.54, 1.807) is 0 Å². The highest BCUT2D eigenvalue weighted by Crippen LogP contribution is 2.32. The number of nitrogens with zero attached hydrogens (tertiary/aromatic N) is 2. The highest BCUT2D eigenvalue weighted by Gasteiger charge is 2.40.